The fourth-order valence-electron chi connectivity index (χ4n) is 2.27. The molecule has 7 heteroatoms. The maximum absolute atomic E-state index is 12.0. The van der Waals surface area contributed by atoms with Crippen molar-refractivity contribution < 1.29 is 14.3 Å². The Balaban J connectivity index is 1.90. The third kappa shape index (κ3) is 3.34. The number of fused-ring (bicyclic) bond motifs is 1. The molecule has 0 fully saturated rings. The predicted octanol–water partition coefficient (Wildman–Crippen LogP) is 4.41. The summed E-state index contributed by atoms with van der Waals surface area (Å²) in [6.07, 6.45) is 1.43. The monoisotopic (exact) mass is 362 g/mol. The number of carbonyl (C=O) groups is 1. The van der Waals surface area contributed by atoms with E-state index in [0.717, 1.165) is 16.5 Å². The van der Waals surface area contributed by atoms with Crippen LogP contribution in [0.25, 0.3) is 10.2 Å². The van der Waals surface area contributed by atoms with Crippen molar-refractivity contribution in [2.45, 2.75) is 20.5 Å². The summed E-state index contributed by atoms with van der Waals surface area (Å²) in [4.78, 5) is 21.7. The number of nitrogens with zero attached hydrogens (tertiary/aromatic N) is 2. The van der Waals surface area contributed by atoms with Gasteiger partial charge < -0.3 is 9.47 Å². The van der Waals surface area contributed by atoms with Gasteiger partial charge in [-0.25, -0.2) is 14.8 Å². The van der Waals surface area contributed by atoms with Crippen LogP contribution >= 0.6 is 22.9 Å². The van der Waals surface area contributed by atoms with E-state index in [0.29, 0.717) is 33.8 Å². The van der Waals surface area contributed by atoms with Crippen LogP contribution in [0.3, 0.4) is 0 Å². The van der Waals surface area contributed by atoms with E-state index in [1.165, 1.54) is 17.7 Å². The standard InChI is InChI=1S/C17H15ClN2O3S/c1-3-22-17(21)14-10(2)13-15(19-9-20-16(13)24-14)23-8-11-4-6-12(18)7-5-11/h4-7,9H,3,8H2,1-2H3. The lowest BCUT2D eigenvalue weighted by atomic mass is 10.2. The quantitative estimate of drug-likeness (QED) is 0.629. The fourth-order valence-corrected chi connectivity index (χ4v) is 3.43. The molecule has 1 aromatic carbocycles. The average molecular weight is 363 g/mol. The van der Waals surface area contributed by atoms with E-state index in [4.69, 9.17) is 21.1 Å². The molecule has 0 aliphatic carbocycles. The molecule has 0 atom stereocenters. The fraction of sp³-hybridized carbons (Fsp3) is 0.235. The third-order valence-electron chi connectivity index (χ3n) is 3.44. The Hall–Kier alpha value is -2.18. The van der Waals surface area contributed by atoms with Crippen molar-refractivity contribution >= 4 is 39.1 Å². The van der Waals surface area contributed by atoms with Crippen molar-refractivity contribution in [1.82, 2.24) is 9.97 Å². The Morgan fingerprint density at radius 1 is 1.25 bits per heavy atom. The van der Waals surface area contributed by atoms with E-state index >= 15 is 0 Å². The van der Waals surface area contributed by atoms with Gasteiger partial charge in [-0.15, -0.1) is 11.3 Å². The molecular formula is C17H15ClN2O3S. The molecule has 3 rings (SSSR count). The van der Waals surface area contributed by atoms with Crippen LogP contribution in [0.1, 0.15) is 27.7 Å². The highest BCUT2D eigenvalue weighted by atomic mass is 35.5. The first-order valence-corrected chi connectivity index (χ1v) is 8.58. The number of halogens is 1. The highest BCUT2D eigenvalue weighted by molar-refractivity contribution is 7.20. The molecule has 5 nitrogen and oxygen atoms in total. The van der Waals surface area contributed by atoms with Crippen molar-refractivity contribution in [3.63, 3.8) is 0 Å². The molecule has 0 aliphatic rings. The predicted molar refractivity (Wildman–Crippen MR) is 93.9 cm³/mol. The van der Waals surface area contributed by atoms with Crippen molar-refractivity contribution in [1.29, 1.82) is 0 Å². The van der Waals surface area contributed by atoms with Gasteiger partial charge in [0.05, 0.1) is 12.0 Å². The van der Waals surface area contributed by atoms with E-state index in [1.807, 2.05) is 31.2 Å². The number of rotatable bonds is 5. The molecule has 0 saturated heterocycles. The van der Waals surface area contributed by atoms with Crippen LogP contribution in [0.2, 0.25) is 5.02 Å². The van der Waals surface area contributed by atoms with E-state index < -0.39 is 0 Å². The first kappa shape index (κ1) is 16.7. The summed E-state index contributed by atoms with van der Waals surface area (Å²) < 4.78 is 10.9. The first-order valence-electron chi connectivity index (χ1n) is 7.38. The Morgan fingerprint density at radius 2 is 2.00 bits per heavy atom. The van der Waals surface area contributed by atoms with E-state index in [1.54, 1.807) is 6.92 Å². The average Bonchev–Trinajstić information content (AvgIpc) is 2.92. The van der Waals surface area contributed by atoms with E-state index in [9.17, 15) is 4.79 Å². The summed E-state index contributed by atoms with van der Waals surface area (Å²) >= 11 is 7.17. The van der Waals surface area contributed by atoms with Crippen LogP contribution < -0.4 is 4.74 Å². The van der Waals surface area contributed by atoms with Crippen LogP contribution in [0.5, 0.6) is 5.88 Å². The van der Waals surface area contributed by atoms with Gasteiger partial charge in [-0.2, -0.15) is 0 Å². The van der Waals surface area contributed by atoms with Crippen molar-refractivity contribution in [2.24, 2.45) is 0 Å². The summed E-state index contributed by atoms with van der Waals surface area (Å²) in [5, 5.41) is 1.43. The van der Waals surface area contributed by atoms with Crippen LogP contribution in [-0.4, -0.2) is 22.5 Å². The number of aryl methyl sites for hydroxylation is 1. The van der Waals surface area contributed by atoms with E-state index in [2.05, 4.69) is 9.97 Å². The molecule has 0 spiro atoms. The molecule has 2 aromatic heterocycles. The Bertz CT molecular complexity index is 877. The number of ether oxygens (including phenoxy) is 2. The number of carbonyl (C=O) groups excluding carboxylic acids is 1. The normalized spacial score (nSPS) is 10.8. The summed E-state index contributed by atoms with van der Waals surface area (Å²) in [6, 6.07) is 7.41. The zero-order chi connectivity index (χ0) is 17.1. The molecule has 0 aliphatic heterocycles. The molecular weight excluding hydrogens is 348 g/mol. The molecule has 0 unspecified atom stereocenters. The lowest BCUT2D eigenvalue weighted by Crippen LogP contribution is -2.03. The van der Waals surface area contributed by atoms with Gasteiger partial charge in [0.2, 0.25) is 5.88 Å². The highest BCUT2D eigenvalue weighted by Gasteiger charge is 2.20. The number of aromatic nitrogens is 2. The number of thiophene rings is 1. The number of hydrogen-bond donors (Lipinski definition) is 0. The first-order chi connectivity index (χ1) is 11.6. The number of hydrogen-bond acceptors (Lipinski definition) is 6. The highest BCUT2D eigenvalue weighted by Crippen LogP contribution is 2.35. The zero-order valence-electron chi connectivity index (χ0n) is 13.2. The largest absolute Gasteiger partial charge is 0.472 e. The Labute approximate surface area is 148 Å². The molecule has 2 heterocycles. The van der Waals surface area contributed by atoms with Gasteiger partial charge in [0, 0.05) is 5.02 Å². The van der Waals surface area contributed by atoms with Gasteiger partial charge in [-0.3, -0.25) is 0 Å². The second-order valence-corrected chi connectivity index (χ2v) is 6.49. The minimum absolute atomic E-state index is 0.331. The van der Waals surface area contributed by atoms with Gasteiger partial charge in [0.1, 0.15) is 22.6 Å². The summed E-state index contributed by atoms with van der Waals surface area (Å²) in [6.45, 7) is 4.32. The number of esters is 1. The van der Waals surface area contributed by atoms with Crippen LogP contribution in [0, 0.1) is 6.92 Å². The summed E-state index contributed by atoms with van der Waals surface area (Å²) in [5.41, 5.74) is 1.75. The van der Waals surface area contributed by atoms with Gasteiger partial charge >= 0.3 is 5.97 Å². The lowest BCUT2D eigenvalue weighted by molar-refractivity contribution is 0.0531. The van der Waals surface area contributed by atoms with Crippen molar-refractivity contribution in [3.05, 3.63) is 51.6 Å². The maximum atomic E-state index is 12.0. The molecule has 0 amide bonds. The lowest BCUT2D eigenvalue weighted by Gasteiger charge is -2.07. The Kier molecular flexibility index (Phi) is 4.97. The van der Waals surface area contributed by atoms with Crippen LogP contribution in [-0.2, 0) is 11.3 Å². The van der Waals surface area contributed by atoms with Gasteiger partial charge in [-0.1, -0.05) is 23.7 Å². The zero-order valence-corrected chi connectivity index (χ0v) is 14.8. The smallest absolute Gasteiger partial charge is 0.348 e. The second kappa shape index (κ2) is 7.15. The second-order valence-electron chi connectivity index (χ2n) is 5.05. The minimum atomic E-state index is -0.346. The topological polar surface area (TPSA) is 61.3 Å². The molecule has 3 aromatic rings. The van der Waals surface area contributed by atoms with Crippen LogP contribution in [0.15, 0.2) is 30.6 Å². The van der Waals surface area contributed by atoms with Crippen LogP contribution in [0.4, 0.5) is 0 Å². The minimum Gasteiger partial charge on any atom is -0.472 e. The third-order valence-corrected chi connectivity index (χ3v) is 4.87. The Morgan fingerprint density at radius 3 is 2.71 bits per heavy atom. The van der Waals surface area contributed by atoms with Gasteiger partial charge in [-0.05, 0) is 37.1 Å². The number of benzene rings is 1. The molecule has 0 bridgehead atoms. The van der Waals surface area contributed by atoms with Gasteiger partial charge in [0.15, 0.2) is 0 Å². The summed E-state index contributed by atoms with van der Waals surface area (Å²) in [5.74, 6) is 0.112. The van der Waals surface area contributed by atoms with Crippen molar-refractivity contribution in [2.75, 3.05) is 6.61 Å². The maximum Gasteiger partial charge on any atom is 0.348 e. The summed E-state index contributed by atoms with van der Waals surface area (Å²) in [7, 11) is 0. The van der Waals surface area contributed by atoms with Crippen molar-refractivity contribution in [3.8, 4) is 5.88 Å². The molecule has 0 N–H and O–H groups in total. The molecule has 24 heavy (non-hydrogen) atoms. The molecule has 0 saturated carbocycles. The SMILES string of the molecule is CCOC(=O)c1sc2ncnc(OCc3ccc(Cl)cc3)c2c1C. The van der Waals surface area contributed by atoms with E-state index in [-0.39, 0.29) is 5.97 Å². The molecule has 0 radical (unpaired) electrons. The molecule has 124 valence electrons. The van der Waals surface area contributed by atoms with Gasteiger partial charge in [0.25, 0.3) is 0 Å².